The molecule has 0 aliphatic heterocycles. The minimum absolute atomic E-state index is 0.136. The van der Waals surface area contributed by atoms with Crippen molar-refractivity contribution >= 4 is 5.97 Å². The number of carbonyl (C=O) groups is 1. The monoisotopic (exact) mass is 378 g/mol. The fourth-order valence-corrected chi connectivity index (χ4v) is 6.09. The van der Waals surface area contributed by atoms with Crippen molar-refractivity contribution in [2.45, 2.75) is 103 Å². The lowest BCUT2D eigenvalue weighted by molar-refractivity contribution is -0.136. The molecule has 3 aliphatic carbocycles. The molecule has 0 bridgehead atoms. The van der Waals surface area contributed by atoms with Crippen LogP contribution in [0.5, 0.6) is 0 Å². The van der Waals surface area contributed by atoms with E-state index in [1.807, 2.05) is 0 Å². The number of aliphatic hydroxyl groups excluding tert-OH is 2. The molecule has 4 nitrogen and oxygen atoms in total. The second-order valence-corrected chi connectivity index (χ2v) is 9.63. The van der Waals surface area contributed by atoms with Crippen LogP contribution in [0.2, 0.25) is 0 Å². The van der Waals surface area contributed by atoms with E-state index in [2.05, 4.69) is 13.0 Å². The molecule has 0 aromatic heterocycles. The van der Waals surface area contributed by atoms with Gasteiger partial charge < -0.3 is 15.3 Å². The Kier molecular flexibility index (Phi) is 7.02. The lowest BCUT2D eigenvalue weighted by Crippen LogP contribution is -2.52. The lowest BCUT2D eigenvalue weighted by atomic mass is 9.47. The molecule has 154 valence electrons. The smallest absolute Gasteiger partial charge is 0.303 e. The minimum Gasteiger partial charge on any atom is -0.481 e. The number of hydrogen-bond acceptors (Lipinski definition) is 3. The van der Waals surface area contributed by atoms with E-state index in [0.29, 0.717) is 18.3 Å². The molecular formula is C23H38O4. The molecule has 3 saturated carbocycles. The van der Waals surface area contributed by atoms with E-state index in [4.69, 9.17) is 5.11 Å². The van der Waals surface area contributed by atoms with Gasteiger partial charge in [-0.25, -0.2) is 0 Å². The zero-order valence-corrected chi connectivity index (χ0v) is 16.9. The molecule has 0 amide bonds. The van der Waals surface area contributed by atoms with Crippen LogP contribution in [0.15, 0.2) is 11.6 Å². The molecule has 0 aromatic carbocycles. The maximum absolute atomic E-state index is 10.8. The van der Waals surface area contributed by atoms with Gasteiger partial charge in [0.2, 0.25) is 0 Å². The van der Waals surface area contributed by atoms with Crippen molar-refractivity contribution in [2.24, 2.45) is 23.2 Å². The van der Waals surface area contributed by atoms with E-state index in [0.717, 1.165) is 38.5 Å². The highest BCUT2D eigenvalue weighted by Gasteiger charge is 2.54. The Hall–Kier alpha value is -0.870. The molecule has 4 heteroatoms. The molecule has 3 fully saturated rings. The average Bonchev–Trinajstić information content (AvgIpc) is 2.63. The van der Waals surface area contributed by atoms with Crippen LogP contribution in [0.1, 0.15) is 90.4 Å². The molecule has 3 aliphatic rings. The number of aliphatic hydroxyl groups is 2. The zero-order chi connectivity index (χ0) is 19.4. The van der Waals surface area contributed by atoms with E-state index in [-0.39, 0.29) is 30.0 Å². The predicted molar refractivity (Wildman–Crippen MR) is 106 cm³/mol. The molecule has 5 atom stereocenters. The Bertz CT molecular complexity index is 536. The maximum Gasteiger partial charge on any atom is 0.303 e. The SMILES string of the molecule is C[C@@]12CC[C@H](O)[C@@H](CCC(O)CC3CCCCC3)[C@@H]1CC2=CCCC(=O)O. The van der Waals surface area contributed by atoms with Gasteiger partial charge in [0.1, 0.15) is 0 Å². The van der Waals surface area contributed by atoms with E-state index in [1.54, 1.807) is 0 Å². The van der Waals surface area contributed by atoms with Gasteiger partial charge in [-0.15, -0.1) is 0 Å². The van der Waals surface area contributed by atoms with Crippen molar-refractivity contribution in [3.8, 4) is 0 Å². The molecule has 3 rings (SSSR count). The van der Waals surface area contributed by atoms with Gasteiger partial charge >= 0.3 is 5.97 Å². The average molecular weight is 379 g/mol. The predicted octanol–water partition coefficient (Wildman–Crippen LogP) is 4.69. The van der Waals surface area contributed by atoms with Gasteiger partial charge in [-0.3, -0.25) is 4.79 Å². The molecule has 27 heavy (non-hydrogen) atoms. The van der Waals surface area contributed by atoms with Crippen LogP contribution in [0.3, 0.4) is 0 Å². The first-order valence-electron chi connectivity index (χ1n) is 11.2. The summed E-state index contributed by atoms with van der Waals surface area (Å²) in [5.41, 5.74) is 1.53. The van der Waals surface area contributed by atoms with Gasteiger partial charge in [-0.2, -0.15) is 0 Å². The number of rotatable bonds is 8. The first-order valence-corrected chi connectivity index (χ1v) is 11.2. The summed E-state index contributed by atoms with van der Waals surface area (Å²) < 4.78 is 0. The molecule has 0 spiro atoms. The van der Waals surface area contributed by atoms with Gasteiger partial charge in [-0.05, 0) is 68.1 Å². The fraction of sp³-hybridized carbons (Fsp3) is 0.870. The largest absolute Gasteiger partial charge is 0.481 e. The van der Waals surface area contributed by atoms with Gasteiger partial charge in [0.25, 0.3) is 0 Å². The van der Waals surface area contributed by atoms with Crippen molar-refractivity contribution in [1.82, 2.24) is 0 Å². The molecule has 0 radical (unpaired) electrons. The number of fused-ring (bicyclic) bond motifs is 1. The summed E-state index contributed by atoms with van der Waals surface area (Å²) in [6.07, 6.45) is 14.5. The van der Waals surface area contributed by atoms with Crippen LogP contribution >= 0.6 is 0 Å². The molecule has 0 aromatic rings. The number of hydrogen-bond donors (Lipinski definition) is 3. The molecular weight excluding hydrogens is 340 g/mol. The standard InChI is InChI=1S/C23H38O4/c1-23-13-12-21(25)19(20(23)15-17(23)8-5-9-22(26)27)11-10-18(24)14-16-6-3-2-4-7-16/h8,16,18-21,24-25H,2-7,9-15H2,1H3,(H,26,27)/t18?,19-,20-,21-,23-/m0/s1. The van der Waals surface area contributed by atoms with Crippen molar-refractivity contribution < 1.29 is 20.1 Å². The highest BCUT2D eigenvalue weighted by atomic mass is 16.4. The van der Waals surface area contributed by atoms with Crippen LogP contribution in [0.25, 0.3) is 0 Å². The third kappa shape index (κ3) is 4.95. The second kappa shape index (κ2) is 9.09. The number of allylic oxidation sites excluding steroid dienone is 2. The van der Waals surface area contributed by atoms with Gasteiger partial charge in [0.05, 0.1) is 12.2 Å². The molecule has 0 heterocycles. The van der Waals surface area contributed by atoms with Crippen LogP contribution in [0, 0.1) is 23.2 Å². The van der Waals surface area contributed by atoms with E-state index >= 15 is 0 Å². The summed E-state index contributed by atoms with van der Waals surface area (Å²) in [6, 6.07) is 0. The highest BCUT2D eigenvalue weighted by Crippen LogP contribution is 2.61. The Morgan fingerprint density at radius 3 is 2.70 bits per heavy atom. The Morgan fingerprint density at radius 2 is 2.00 bits per heavy atom. The van der Waals surface area contributed by atoms with Gasteiger partial charge in [-0.1, -0.05) is 50.7 Å². The number of carboxylic acid groups (broad SMARTS) is 1. The molecule has 3 N–H and O–H groups in total. The van der Waals surface area contributed by atoms with Crippen LogP contribution in [-0.4, -0.2) is 33.5 Å². The van der Waals surface area contributed by atoms with Gasteiger partial charge in [0, 0.05) is 6.42 Å². The van der Waals surface area contributed by atoms with E-state index in [1.165, 1.54) is 37.7 Å². The van der Waals surface area contributed by atoms with Crippen LogP contribution in [-0.2, 0) is 4.79 Å². The fourth-order valence-electron chi connectivity index (χ4n) is 6.09. The summed E-state index contributed by atoms with van der Waals surface area (Å²) in [7, 11) is 0. The molecule has 0 saturated heterocycles. The third-order valence-corrected chi connectivity index (χ3v) is 7.87. The summed E-state index contributed by atoms with van der Waals surface area (Å²) in [4.78, 5) is 10.8. The molecule has 1 unspecified atom stereocenters. The Balaban J connectivity index is 1.50. The maximum atomic E-state index is 10.8. The van der Waals surface area contributed by atoms with E-state index in [9.17, 15) is 15.0 Å². The summed E-state index contributed by atoms with van der Waals surface area (Å²) >= 11 is 0. The summed E-state index contributed by atoms with van der Waals surface area (Å²) in [5, 5.41) is 30.0. The number of carboxylic acids is 1. The Morgan fingerprint density at radius 1 is 1.26 bits per heavy atom. The quantitative estimate of drug-likeness (QED) is 0.536. The first kappa shape index (κ1) is 20.9. The minimum atomic E-state index is -0.739. The van der Waals surface area contributed by atoms with Gasteiger partial charge in [0.15, 0.2) is 0 Å². The second-order valence-electron chi connectivity index (χ2n) is 9.63. The lowest BCUT2D eigenvalue weighted by Gasteiger charge is -2.58. The topological polar surface area (TPSA) is 77.8 Å². The Labute approximate surface area is 164 Å². The first-order chi connectivity index (χ1) is 12.9. The van der Waals surface area contributed by atoms with Crippen molar-refractivity contribution in [1.29, 1.82) is 0 Å². The van der Waals surface area contributed by atoms with Crippen molar-refractivity contribution in [3.63, 3.8) is 0 Å². The summed E-state index contributed by atoms with van der Waals surface area (Å²) in [6.45, 7) is 2.30. The van der Waals surface area contributed by atoms with E-state index < -0.39 is 5.97 Å². The zero-order valence-electron chi connectivity index (χ0n) is 16.9. The van der Waals surface area contributed by atoms with Crippen LogP contribution < -0.4 is 0 Å². The van der Waals surface area contributed by atoms with Crippen molar-refractivity contribution in [2.75, 3.05) is 0 Å². The third-order valence-electron chi connectivity index (χ3n) is 7.87. The highest BCUT2D eigenvalue weighted by molar-refractivity contribution is 5.66. The van der Waals surface area contributed by atoms with Crippen molar-refractivity contribution in [3.05, 3.63) is 11.6 Å². The normalized spacial score (nSPS) is 36.9. The summed E-state index contributed by atoms with van der Waals surface area (Å²) in [5.74, 6) is 0.722. The van der Waals surface area contributed by atoms with Crippen LogP contribution in [0.4, 0.5) is 0 Å². The number of aliphatic carboxylic acids is 1.